The molecule has 0 aliphatic heterocycles. The number of anilines is 1. The Hall–Kier alpha value is -3.22. The number of rotatable bonds is 6. The van der Waals surface area contributed by atoms with Crippen LogP contribution >= 0.6 is 0 Å². The molecule has 2 amide bonds. The number of nitrogens with zero attached hydrogens (tertiary/aromatic N) is 2. The minimum absolute atomic E-state index is 0.170. The number of halogens is 1. The van der Waals surface area contributed by atoms with E-state index in [1.807, 2.05) is 19.9 Å². The highest BCUT2D eigenvalue weighted by Crippen LogP contribution is 2.20. The molecule has 2 heterocycles. The number of carbonyl (C=O) groups is 2. The van der Waals surface area contributed by atoms with Crippen molar-refractivity contribution >= 4 is 23.3 Å². The summed E-state index contributed by atoms with van der Waals surface area (Å²) < 4.78 is 14.7. The Bertz CT molecular complexity index is 980. The van der Waals surface area contributed by atoms with Crippen LogP contribution in [0.3, 0.4) is 0 Å². The lowest BCUT2D eigenvalue weighted by Crippen LogP contribution is -2.27. The van der Waals surface area contributed by atoms with Gasteiger partial charge in [-0.3, -0.25) is 14.0 Å². The van der Waals surface area contributed by atoms with Crippen molar-refractivity contribution in [2.75, 3.05) is 11.9 Å². The fraction of sp³-hybridized carbons (Fsp3) is 0.250. The van der Waals surface area contributed by atoms with E-state index >= 15 is 0 Å². The van der Waals surface area contributed by atoms with Gasteiger partial charge in [0, 0.05) is 18.3 Å². The lowest BCUT2D eigenvalue weighted by atomic mass is 10.2. The maximum Gasteiger partial charge on any atom is 0.272 e. The third kappa shape index (κ3) is 4.13. The molecule has 7 heteroatoms. The van der Waals surface area contributed by atoms with E-state index in [0.717, 1.165) is 18.4 Å². The number of nitrogens with one attached hydrogen (secondary N) is 2. The standard InChI is InChI=1S/C20H21FN4O2/c1-3-4-11-22-20(27)17-18(23-16-10-5-13(2)12-25(16)17)24-19(26)14-6-8-15(21)9-7-14/h5-10,12H,3-4,11H2,1-2H3,(H,22,27)(H,24,26). The summed E-state index contributed by atoms with van der Waals surface area (Å²) in [7, 11) is 0. The Labute approximate surface area is 156 Å². The summed E-state index contributed by atoms with van der Waals surface area (Å²) in [6.45, 7) is 4.49. The van der Waals surface area contributed by atoms with E-state index in [9.17, 15) is 14.0 Å². The highest BCUT2D eigenvalue weighted by atomic mass is 19.1. The van der Waals surface area contributed by atoms with Crippen molar-refractivity contribution in [2.24, 2.45) is 0 Å². The Kier molecular flexibility index (Phi) is 5.49. The van der Waals surface area contributed by atoms with Gasteiger partial charge in [-0.25, -0.2) is 9.37 Å². The van der Waals surface area contributed by atoms with E-state index in [2.05, 4.69) is 15.6 Å². The number of amides is 2. The number of hydrogen-bond donors (Lipinski definition) is 2. The first-order chi connectivity index (χ1) is 13.0. The fourth-order valence-corrected chi connectivity index (χ4v) is 2.70. The van der Waals surface area contributed by atoms with Crippen LogP contribution in [-0.4, -0.2) is 27.7 Å². The second-order valence-corrected chi connectivity index (χ2v) is 6.31. The summed E-state index contributed by atoms with van der Waals surface area (Å²) in [6, 6.07) is 8.84. The zero-order valence-electron chi connectivity index (χ0n) is 15.3. The maximum atomic E-state index is 13.1. The fourth-order valence-electron chi connectivity index (χ4n) is 2.70. The molecule has 3 aromatic rings. The van der Waals surface area contributed by atoms with Crippen molar-refractivity contribution in [2.45, 2.75) is 26.7 Å². The topological polar surface area (TPSA) is 75.5 Å². The molecule has 0 aliphatic carbocycles. The highest BCUT2D eigenvalue weighted by Gasteiger charge is 2.21. The van der Waals surface area contributed by atoms with E-state index in [-0.39, 0.29) is 23.0 Å². The SMILES string of the molecule is CCCCNC(=O)c1c(NC(=O)c2ccc(F)cc2)nc2ccc(C)cn12. The average Bonchev–Trinajstić information content (AvgIpc) is 2.99. The van der Waals surface area contributed by atoms with Gasteiger partial charge < -0.3 is 10.6 Å². The number of imidazole rings is 1. The molecule has 0 spiro atoms. The van der Waals surface area contributed by atoms with Gasteiger partial charge in [0.25, 0.3) is 11.8 Å². The van der Waals surface area contributed by atoms with Gasteiger partial charge in [-0.1, -0.05) is 19.4 Å². The number of carbonyl (C=O) groups excluding carboxylic acids is 2. The van der Waals surface area contributed by atoms with E-state index in [1.165, 1.54) is 24.3 Å². The van der Waals surface area contributed by atoms with Crippen LogP contribution in [0.15, 0.2) is 42.6 Å². The van der Waals surface area contributed by atoms with Crippen LogP contribution in [0.5, 0.6) is 0 Å². The monoisotopic (exact) mass is 368 g/mol. The van der Waals surface area contributed by atoms with Crippen molar-refractivity contribution in [3.05, 3.63) is 65.2 Å². The quantitative estimate of drug-likeness (QED) is 0.653. The van der Waals surface area contributed by atoms with Crippen molar-refractivity contribution < 1.29 is 14.0 Å². The molecule has 0 saturated carbocycles. The van der Waals surface area contributed by atoms with Crippen LogP contribution in [0.4, 0.5) is 10.2 Å². The molecule has 140 valence electrons. The first kappa shape index (κ1) is 18.6. The molecular formula is C20H21FN4O2. The molecule has 6 nitrogen and oxygen atoms in total. The zero-order valence-corrected chi connectivity index (χ0v) is 15.3. The maximum absolute atomic E-state index is 13.1. The molecule has 0 aliphatic rings. The molecule has 0 bridgehead atoms. The Morgan fingerprint density at radius 1 is 1.11 bits per heavy atom. The summed E-state index contributed by atoms with van der Waals surface area (Å²) >= 11 is 0. The van der Waals surface area contributed by atoms with Crippen LogP contribution in [0.2, 0.25) is 0 Å². The average molecular weight is 368 g/mol. The summed E-state index contributed by atoms with van der Waals surface area (Å²) in [4.78, 5) is 29.6. The second kappa shape index (κ2) is 7.99. The minimum atomic E-state index is -0.460. The third-order valence-corrected chi connectivity index (χ3v) is 4.14. The summed E-state index contributed by atoms with van der Waals surface area (Å²) in [5, 5.41) is 5.53. The smallest absolute Gasteiger partial charge is 0.272 e. The van der Waals surface area contributed by atoms with Gasteiger partial charge >= 0.3 is 0 Å². The van der Waals surface area contributed by atoms with Gasteiger partial charge in [0.05, 0.1) is 0 Å². The Morgan fingerprint density at radius 3 is 2.56 bits per heavy atom. The lowest BCUT2D eigenvalue weighted by Gasteiger charge is -2.08. The largest absolute Gasteiger partial charge is 0.351 e. The van der Waals surface area contributed by atoms with Crippen LogP contribution in [0, 0.1) is 12.7 Å². The number of aryl methyl sites for hydroxylation is 1. The number of aromatic nitrogens is 2. The number of fused-ring (bicyclic) bond motifs is 1. The molecule has 3 rings (SSSR count). The van der Waals surface area contributed by atoms with Crippen molar-refractivity contribution in [3.8, 4) is 0 Å². The summed E-state index contributed by atoms with van der Waals surface area (Å²) in [5.74, 6) is -1.02. The predicted molar refractivity (Wildman–Crippen MR) is 102 cm³/mol. The van der Waals surface area contributed by atoms with Gasteiger partial charge in [-0.15, -0.1) is 0 Å². The normalized spacial score (nSPS) is 10.8. The highest BCUT2D eigenvalue weighted by molar-refractivity contribution is 6.08. The predicted octanol–water partition coefficient (Wildman–Crippen LogP) is 3.56. The molecule has 27 heavy (non-hydrogen) atoms. The lowest BCUT2D eigenvalue weighted by molar-refractivity contribution is 0.0948. The first-order valence-corrected chi connectivity index (χ1v) is 8.83. The number of hydrogen-bond acceptors (Lipinski definition) is 3. The molecule has 2 aromatic heterocycles. The first-order valence-electron chi connectivity index (χ1n) is 8.83. The van der Waals surface area contributed by atoms with Crippen LogP contribution in [0.25, 0.3) is 5.65 Å². The molecule has 0 radical (unpaired) electrons. The Morgan fingerprint density at radius 2 is 1.85 bits per heavy atom. The molecule has 1 aromatic carbocycles. The van der Waals surface area contributed by atoms with Crippen LogP contribution < -0.4 is 10.6 Å². The number of pyridine rings is 1. The molecule has 0 saturated heterocycles. The number of benzene rings is 1. The molecule has 0 atom stereocenters. The molecule has 2 N–H and O–H groups in total. The summed E-state index contributed by atoms with van der Waals surface area (Å²) in [6.07, 6.45) is 3.62. The molecule has 0 unspecified atom stereocenters. The second-order valence-electron chi connectivity index (χ2n) is 6.31. The third-order valence-electron chi connectivity index (χ3n) is 4.14. The Balaban J connectivity index is 1.95. The van der Waals surface area contributed by atoms with Gasteiger partial charge in [0.15, 0.2) is 11.5 Å². The van der Waals surface area contributed by atoms with E-state index < -0.39 is 11.7 Å². The van der Waals surface area contributed by atoms with Crippen molar-refractivity contribution in [1.82, 2.24) is 14.7 Å². The van der Waals surface area contributed by atoms with Gasteiger partial charge in [0.2, 0.25) is 0 Å². The van der Waals surface area contributed by atoms with E-state index in [4.69, 9.17) is 0 Å². The van der Waals surface area contributed by atoms with Crippen molar-refractivity contribution in [1.29, 1.82) is 0 Å². The minimum Gasteiger partial charge on any atom is -0.351 e. The molecule has 0 fully saturated rings. The van der Waals surface area contributed by atoms with Crippen LogP contribution in [-0.2, 0) is 0 Å². The summed E-state index contributed by atoms with van der Waals surface area (Å²) in [5.41, 5.74) is 2.05. The van der Waals surface area contributed by atoms with E-state index in [0.29, 0.717) is 12.2 Å². The van der Waals surface area contributed by atoms with Crippen LogP contribution in [0.1, 0.15) is 46.2 Å². The van der Waals surface area contributed by atoms with Gasteiger partial charge in [-0.05, 0) is 49.2 Å². The van der Waals surface area contributed by atoms with E-state index in [1.54, 1.807) is 16.7 Å². The molecular weight excluding hydrogens is 347 g/mol. The number of unbranched alkanes of at least 4 members (excludes halogenated alkanes) is 1. The van der Waals surface area contributed by atoms with Crippen molar-refractivity contribution in [3.63, 3.8) is 0 Å². The van der Waals surface area contributed by atoms with Gasteiger partial charge in [0.1, 0.15) is 11.5 Å². The van der Waals surface area contributed by atoms with Gasteiger partial charge in [-0.2, -0.15) is 0 Å². The zero-order chi connectivity index (χ0) is 19.4.